The summed E-state index contributed by atoms with van der Waals surface area (Å²) in [6.45, 7) is 4.74. The van der Waals surface area contributed by atoms with E-state index >= 15 is 0 Å². The number of benzene rings is 1. The molecule has 0 radical (unpaired) electrons. The number of likely N-dealkylation sites (N-methyl/N-ethyl adjacent to an activating group) is 1. The highest BCUT2D eigenvalue weighted by Gasteiger charge is 2.23. The summed E-state index contributed by atoms with van der Waals surface area (Å²) in [6.07, 6.45) is 0.900. The predicted octanol–water partition coefficient (Wildman–Crippen LogP) is 0.708. The average Bonchev–Trinajstić information content (AvgIpc) is 2.46. The maximum absolute atomic E-state index is 12.1. The second kappa shape index (κ2) is 8.64. The smallest absolute Gasteiger partial charge is 0.282 e. The molecule has 0 fully saturated rings. The number of nitrogens with one attached hydrogen (secondary N) is 3. The van der Waals surface area contributed by atoms with Gasteiger partial charge in [0.2, 0.25) is 0 Å². The molecular formula is C15H23ClN3O2+. The van der Waals surface area contributed by atoms with Gasteiger partial charge in [-0.25, -0.2) is 0 Å². The number of halogens is 1. The molecule has 0 aliphatic heterocycles. The molecule has 2 atom stereocenters. The van der Waals surface area contributed by atoms with E-state index in [1.165, 1.54) is 0 Å². The molecule has 1 unspecified atom stereocenters. The van der Waals surface area contributed by atoms with Gasteiger partial charge in [-0.05, 0) is 37.6 Å². The molecule has 1 rings (SSSR count). The van der Waals surface area contributed by atoms with Crippen LogP contribution >= 0.6 is 11.6 Å². The van der Waals surface area contributed by atoms with E-state index in [0.29, 0.717) is 17.3 Å². The summed E-state index contributed by atoms with van der Waals surface area (Å²) < 4.78 is 0. The second-order valence-electron chi connectivity index (χ2n) is 5.09. The predicted molar refractivity (Wildman–Crippen MR) is 84.6 cm³/mol. The van der Waals surface area contributed by atoms with Crippen LogP contribution in [-0.2, 0) is 9.59 Å². The van der Waals surface area contributed by atoms with Crippen LogP contribution in [0.5, 0.6) is 0 Å². The van der Waals surface area contributed by atoms with Crippen LogP contribution < -0.4 is 15.5 Å². The highest BCUT2D eigenvalue weighted by atomic mass is 35.5. The molecule has 116 valence electrons. The first-order valence-electron chi connectivity index (χ1n) is 7.09. The first kappa shape index (κ1) is 17.5. The minimum Gasteiger partial charge on any atom is -0.351 e. The fraction of sp³-hybridized carbons (Fsp3) is 0.467. The maximum Gasteiger partial charge on any atom is 0.282 e. The molecular weight excluding hydrogens is 290 g/mol. The number of carbonyl (C=O) groups is 2. The van der Waals surface area contributed by atoms with E-state index in [4.69, 9.17) is 11.6 Å². The lowest BCUT2D eigenvalue weighted by molar-refractivity contribution is -0.885. The van der Waals surface area contributed by atoms with Gasteiger partial charge in [0.25, 0.3) is 11.8 Å². The third-order valence-electron chi connectivity index (χ3n) is 3.26. The Morgan fingerprint density at radius 3 is 2.48 bits per heavy atom. The molecule has 6 heteroatoms. The number of hydrogen-bond donors (Lipinski definition) is 3. The van der Waals surface area contributed by atoms with Crippen LogP contribution in [0, 0.1) is 0 Å². The van der Waals surface area contributed by atoms with Crippen LogP contribution in [0.4, 0.5) is 5.69 Å². The Bertz CT molecular complexity index is 476. The number of rotatable bonds is 7. The molecule has 0 saturated heterocycles. The van der Waals surface area contributed by atoms with E-state index in [0.717, 1.165) is 11.3 Å². The van der Waals surface area contributed by atoms with Crippen LogP contribution in [0.2, 0.25) is 5.02 Å². The summed E-state index contributed by atoms with van der Waals surface area (Å²) in [5.41, 5.74) is 0.694. The van der Waals surface area contributed by atoms with E-state index in [-0.39, 0.29) is 24.4 Å². The summed E-state index contributed by atoms with van der Waals surface area (Å²) in [5, 5.41) is 6.24. The Morgan fingerprint density at radius 2 is 1.90 bits per heavy atom. The molecule has 3 N–H and O–H groups in total. The van der Waals surface area contributed by atoms with Crippen molar-refractivity contribution in [2.24, 2.45) is 0 Å². The Labute approximate surface area is 130 Å². The third-order valence-corrected chi connectivity index (χ3v) is 3.51. The van der Waals surface area contributed by atoms with Crippen LogP contribution in [0.3, 0.4) is 0 Å². The van der Waals surface area contributed by atoms with Crippen molar-refractivity contribution in [3.8, 4) is 0 Å². The van der Waals surface area contributed by atoms with Crippen LogP contribution in [0.25, 0.3) is 0 Å². The minimum atomic E-state index is -0.326. The van der Waals surface area contributed by atoms with E-state index in [1.807, 2.05) is 14.0 Å². The largest absolute Gasteiger partial charge is 0.351 e. The summed E-state index contributed by atoms with van der Waals surface area (Å²) in [4.78, 5) is 24.6. The van der Waals surface area contributed by atoms with Gasteiger partial charge in [-0.15, -0.1) is 0 Å². The molecule has 1 aromatic carbocycles. The van der Waals surface area contributed by atoms with E-state index in [1.54, 1.807) is 31.2 Å². The van der Waals surface area contributed by atoms with E-state index in [2.05, 4.69) is 10.6 Å². The van der Waals surface area contributed by atoms with Crippen molar-refractivity contribution >= 4 is 29.1 Å². The molecule has 0 saturated carbocycles. The highest BCUT2D eigenvalue weighted by molar-refractivity contribution is 6.30. The number of amides is 2. The average molecular weight is 313 g/mol. The molecule has 0 aliphatic rings. The van der Waals surface area contributed by atoms with Crippen molar-refractivity contribution in [2.75, 3.05) is 25.5 Å². The lowest BCUT2D eigenvalue weighted by Crippen LogP contribution is -3.15. The zero-order chi connectivity index (χ0) is 15.8. The topological polar surface area (TPSA) is 62.6 Å². The number of quaternary nitrogens is 1. The van der Waals surface area contributed by atoms with Gasteiger partial charge in [0.15, 0.2) is 12.6 Å². The van der Waals surface area contributed by atoms with Crippen LogP contribution in [-0.4, -0.2) is 38.0 Å². The lowest BCUT2D eigenvalue weighted by Gasteiger charge is -2.20. The standard InChI is InChI=1S/C15H22ClN3O2/c1-4-9-17-14(20)10-19(3)11(2)15(21)18-13-7-5-12(16)6-8-13/h5-8,11H,4,9-10H2,1-3H3,(H,17,20)(H,18,21)/p+1/t11-/m0/s1. The van der Waals surface area contributed by atoms with Gasteiger partial charge < -0.3 is 15.5 Å². The third kappa shape index (κ3) is 6.14. The molecule has 2 amide bonds. The van der Waals surface area contributed by atoms with Crippen LogP contribution in [0.15, 0.2) is 24.3 Å². The normalized spacial score (nSPS) is 13.3. The van der Waals surface area contributed by atoms with Crippen molar-refractivity contribution in [3.63, 3.8) is 0 Å². The number of anilines is 1. The van der Waals surface area contributed by atoms with Crippen molar-refractivity contribution in [2.45, 2.75) is 26.3 Å². The molecule has 0 aliphatic carbocycles. The fourth-order valence-electron chi connectivity index (χ4n) is 1.74. The number of hydrogen-bond acceptors (Lipinski definition) is 2. The van der Waals surface area contributed by atoms with Gasteiger partial charge in [-0.3, -0.25) is 9.59 Å². The Hall–Kier alpha value is -1.59. The molecule has 0 bridgehead atoms. The molecule has 0 spiro atoms. The lowest BCUT2D eigenvalue weighted by atomic mass is 10.2. The van der Waals surface area contributed by atoms with Crippen molar-refractivity contribution in [1.29, 1.82) is 0 Å². The number of carbonyl (C=O) groups excluding carboxylic acids is 2. The second-order valence-corrected chi connectivity index (χ2v) is 5.53. The van der Waals surface area contributed by atoms with Gasteiger partial charge in [0, 0.05) is 17.3 Å². The SMILES string of the molecule is CCCNC(=O)C[NH+](C)[C@@H](C)C(=O)Nc1ccc(Cl)cc1. The fourth-order valence-corrected chi connectivity index (χ4v) is 1.87. The molecule has 0 heterocycles. The zero-order valence-corrected chi connectivity index (χ0v) is 13.5. The van der Waals surface area contributed by atoms with Gasteiger partial charge in [0.05, 0.1) is 7.05 Å². The quantitative estimate of drug-likeness (QED) is 0.694. The molecule has 21 heavy (non-hydrogen) atoms. The Morgan fingerprint density at radius 1 is 1.29 bits per heavy atom. The first-order valence-corrected chi connectivity index (χ1v) is 7.47. The summed E-state index contributed by atoms with van der Waals surface area (Å²) in [6, 6.07) is 6.60. The van der Waals surface area contributed by atoms with Gasteiger partial charge in [-0.1, -0.05) is 18.5 Å². The Kier molecular flexibility index (Phi) is 7.19. The van der Waals surface area contributed by atoms with Gasteiger partial charge in [0.1, 0.15) is 0 Å². The summed E-state index contributed by atoms with van der Waals surface area (Å²) >= 11 is 5.80. The molecule has 1 aromatic rings. The Balaban J connectivity index is 2.49. The minimum absolute atomic E-state index is 0.0412. The van der Waals surface area contributed by atoms with E-state index < -0.39 is 0 Å². The first-order chi connectivity index (χ1) is 9.93. The maximum atomic E-state index is 12.1. The summed E-state index contributed by atoms with van der Waals surface area (Å²) in [7, 11) is 1.83. The monoisotopic (exact) mass is 312 g/mol. The molecule has 0 aromatic heterocycles. The molecule has 5 nitrogen and oxygen atoms in total. The highest BCUT2D eigenvalue weighted by Crippen LogP contribution is 2.13. The van der Waals surface area contributed by atoms with Crippen molar-refractivity contribution in [3.05, 3.63) is 29.3 Å². The van der Waals surface area contributed by atoms with E-state index in [9.17, 15) is 9.59 Å². The van der Waals surface area contributed by atoms with Crippen molar-refractivity contribution < 1.29 is 14.5 Å². The zero-order valence-electron chi connectivity index (χ0n) is 12.7. The van der Waals surface area contributed by atoms with Gasteiger partial charge >= 0.3 is 0 Å². The summed E-state index contributed by atoms with van der Waals surface area (Å²) in [5.74, 6) is -0.168. The van der Waals surface area contributed by atoms with Gasteiger partial charge in [-0.2, -0.15) is 0 Å². The van der Waals surface area contributed by atoms with Crippen LogP contribution in [0.1, 0.15) is 20.3 Å². The van der Waals surface area contributed by atoms with Crippen molar-refractivity contribution in [1.82, 2.24) is 5.32 Å².